The lowest BCUT2D eigenvalue weighted by Gasteiger charge is -2.15. The summed E-state index contributed by atoms with van der Waals surface area (Å²) in [6, 6.07) is 5.17. The molecule has 0 aliphatic rings. The molecular weight excluding hydrogens is 282 g/mol. The number of carbonyl (C=O) groups is 1. The van der Waals surface area contributed by atoms with Gasteiger partial charge in [-0.1, -0.05) is 11.6 Å². The number of benzene rings is 1. The molecule has 20 heavy (non-hydrogen) atoms. The summed E-state index contributed by atoms with van der Waals surface area (Å²) >= 11 is 5.99. The quantitative estimate of drug-likeness (QED) is 0.736. The molecule has 0 spiro atoms. The predicted octanol–water partition coefficient (Wildman–Crippen LogP) is 1.09. The Kier molecular flexibility index (Phi) is 6.64. The highest BCUT2D eigenvalue weighted by Gasteiger charge is 2.14. The summed E-state index contributed by atoms with van der Waals surface area (Å²) in [5.74, 6) is 0.535. The van der Waals surface area contributed by atoms with Crippen molar-refractivity contribution in [2.45, 2.75) is 6.54 Å². The second-order valence-electron chi connectivity index (χ2n) is 3.85. The lowest BCUT2D eigenvalue weighted by Crippen LogP contribution is -2.29. The molecule has 0 atom stereocenters. The molecule has 108 valence electrons. The largest absolute Gasteiger partial charge is 0.493 e. The minimum atomic E-state index is -0.376. The molecule has 0 unspecified atom stereocenters. The number of nitrogens with one attached hydrogen (secondary N) is 2. The molecule has 0 aliphatic carbocycles. The van der Waals surface area contributed by atoms with Gasteiger partial charge in [0.1, 0.15) is 6.54 Å². The topological polar surface area (TPSA) is 83.4 Å². The Balaban J connectivity index is 2.86. The van der Waals surface area contributed by atoms with Crippen LogP contribution < -0.4 is 20.1 Å². The molecule has 1 aromatic carbocycles. The van der Waals surface area contributed by atoms with Crippen LogP contribution >= 0.6 is 11.6 Å². The van der Waals surface area contributed by atoms with Crippen molar-refractivity contribution in [3.05, 3.63) is 22.7 Å². The average molecular weight is 298 g/mol. The molecule has 0 aromatic heterocycles. The van der Waals surface area contributed by atoms with Crippen molar-refractivity contribution < 1.29 is 14.3 Å². The zero-order valence-electron chi connectivity index (χ0n) is 11.3. The number of halogens is 1. The highest BCUT2D eigenvalue weighted by molar-refractivity contribution is 6.30. The Labute approximate surface area is 122 Å². The van der Waals surface area contributed by atoms with Crippen LogP contribution in [-0.4, -0.2) is 33.2 Å². The van der Waals surface area contributed by atoms with Gasteiger partial charge in [-0.2, -0.15) is 5.26 Å². The first kappa shape index (κ1) is 16.1. The fraction of sp³-hybridized carbons (Fsp3) is 0.385. The number of carbonyl (C=O) groups excluding carboxylic acids is 1. The zero-order chi connectivity index (χ0) is 15.0. The van der Waals surface area contributed by atoms with Gasteiger partial charge in [0.2, 0.25) is 0 Å². The molecule has 0 saturated heterocycles. The van der Waals surface area contributed by atoms with Gasteiger partial charge in [-0.15, -0.1) is 0 Å². The maximum absolute atomic E-state index is 11.4. The maximum Gasteiger partial charge on any atom is 0.258 e. The molecule has 1 amide bonds. The van der Waals surface area contributed by atoms with Gasteiger partial charge >= 0.3 is 0 Å². The number of rotatable bonds is 7. The number of amides is 1. The third-order valence-electron chi connectivity index (χ3n) is 2.40. The number of hydrogen-bond donors (Lipinski definition) is 2. The van der Waals surface area contributed by atoms with E-state index in [-0.39, 0.29) is 19.1 Å². The van der Waals surface area contributed by atoms with Crippen LogP contribution in [0.4, 0.5) is 0 Å². The number of methoxy groups -OCH3 is 1. The molecule has 1 aromatic rings. The van der Waals surface area contributed by atoms with E-state index in [0.717, 1.165) is 5.56 Å². The van der Waals surface area contributed by atoms with Crippen LogP contribution in [0.25, 0.3) is 0 Å². The molecule has 0 heterocycles. The number of hydrogen-bond acceptors (Lipinski definition) is 5. The molecule has 0 saturated carbocycles. The summed E-state index contributed by atoms with van der Waals surface area (Å²) in [5.41, 5.74) is 0.782. The molecule has 0 aliphatic heterocycles. The van der Waals surface area contributed by atoms with Crippen molar-refractivity contribution in [2.24, 2.45) is 0 Å². The minimum Gasteiger partial charge on any atom is -0.493 e. The molecule has 6 nitrogen and oxygen atoms in total. The standard InChI is InChI=1S/C13H16ClN3O3/c1-16-7-9-5-10(14)6-11(19-2)13(9)20-8-12(18)17-4-3-15/h5-6,16H,4,7-8H2,1-2H3,(H,17,18). The van der Waals surface area contributed by atoms with E-state index in [1.807, 2.05) is 6.07 Å². The van der Waals surface area contributed by atoms with Crippen LogP contribution in [-0.2, 0) is 11.3 Å². The van der Waals surface area contributed by atoms with Crippen LogP contribution in [0.1, 0.15) is 5.56 Å². The summed E-state index contributed by atoms with van der Waals surface area (Å²) in [5, 5.41) is 14.3. The molecule has 2 N–H and O–H groups in total. The first-order valence-corrected chi connectivity index (χ1v) is 6.27. The van der Waals surface area contributed by atoms with Crippen molar-refractivity contribution >= 4 is 17.5 Å². The lowest BCUT2D eigenvalue weighted by atomic mass is 10.2. The molecular formula is C13H16ClN3O3. The smallest absolute Gasteiger partial charge is 0.258 e. The van der Waals surface area contributed by atoms with Crippen LogP contribution in [0.2, 0.25) is 5.02 Å². The van der Waals surface area contributed by atoms with E-state index >= 15 is 0 Å². The van der Waals surface area contributed by atoms with E-state index < -0.39 is 0 Å². The van der Waals surface area contributed by atoms with Crippen molar-refractivity contribution in [1.29, 1.82) is 5.26 Å². The van der Waals surface area contributed by atoms with Gasteiger partial charge in [-0.25, -0.2) is 0 Å². The number of nitriles is 1. The average Bonchev–Trinajstić information content (AvgIpc) is 2.43. The summed E-state index contributed by atoms with van der Waals surface area (Å²) in [7, 11) is 3.29. The molecule has 0 bridgehead atoms. The number of ether oxygens (including phenoxy) is 2. The highest BCUT2D eigenvalue weighted by atomic mass is 35.5. The molecule has 7 heteroatoms. The van der Waals surface area contributed by atoms with Crippen LogP contribution in [0, 0.1) is 11.3 Å². The van der Waals surface area contributed by atoms with Crippen molar-refractivity contribution in [2.75, 3.05) is 27.3 Å². The van der Waals surface area contributed by atoms with Crippen molar-refractivity contribution in [1.82, 2.24) is 10.6 Å². The van der Waals surface area contributed by atoms with Gasteiger partial charge in [0.15, 0.2) is 18.1 Å². The summed E-state index contributed by atoms with van der Waals surface area (Å²) in [6.07, 6.45) is 0. The monoisotopic (exact) mass is 297 g/mol. The van der Waals surface area contributed by atoms with Crippen LogP contribution in [0.3, 0.4) is 0 Å². The Bertz CT molecular complexity index is 514. The van der Waals surface area contributed by atoms with Crippen LogP contribution in [0.15, 0.2) is 12.1 Å². The highest BCUT2D eigenvalue weighted by Crippen LogP contribution is 2.34. The van der Waals surface area contributed by atoms with E-state index in [1.165, 1.54) is 7.11 Å². The fourth-order valence-electron chi connectivity index (χ4n) is 1.59. The molecule has 0 fully saturated rings. The Hall–Kier alpha value is -1.97. The normalized spacial score (nSPS) is 9.70. The van der Waals surface area contributed by atoms with Gasteiger partial charge < -0.3 is 20.1 Å². The van der Waals surface area contributed by atoms with E-state index in [0.29, 0.717) is 23.1 Å². The zero-order valence-corrected chi connectivity index (χ0v) is 12.1. The Morgan fingerprint density at radius 1 is 1.50 bits per heavy atom. The van der Waals surface area contributed by atoms with Gasteiger partial charge in [0.25, 0.3) is 5.91 Å². The van der Waals surface area contributed by atoms with Gasteiger partial charge in [0.05, 0.1) is 13.2 Å². The molecule has 1 rings (SSSR count). The lowest BCUT2D eigenvalue weighted by molar-refractivity contribution is -0.122. The number of nitrogens with zero attached hydrogens (tertiary/aromatic N) is 1. The third kappa shape index (κ3) is 4.61. The Morgan fingerprint density at radius 2 is 2.25 bits per heavy atom. The minimum absolute atomic E-state index is 0.0523. The van der Waals surface area contributed by atoms with E-state index in [9.17, 15) is 4.79 Å². The fourth-order valence-corrected chi connectivity index (χ4v) is 1.82. The van der Waals surface area contributed by atoms with Crippen LogP contribution in [0.5, 0.6) is 11.5 Å². The van der Waals surface area contributed by atoms with E-state index in [1.54, 1.807) is 19.2 Å². The molecule has 0 radical (unpaired) electrons. The van der Waals surface area contributed by atoms with E-state index in [2.05, 4.69) is 10.6 Å². The van der Waals surface area contributed by atoms with Gasteiger partial charge in [-0.3, -0.25) is 4.79 Å². The predicted molar refractivity (Wildman–Crippen MR) is 74.9 cm³/mol. The Morgan fingerprint density at radius 3 is 2.85 bits per heavy atom. The SMILES string of the molecule is CNCc1cc(Cl)cc(OC)c1OCC(=O)NCC#N. The second kappa shape index (κ2) is 8.25. The first-order valence-electron chi connectivity index (χ1n) is 5.89. The maximum atomic E-state index is 11.4. The second-order valence-corrected chi connectivity index (χ2v) is 4.29. The van der Waals surface area contributed by atoms with Gasteiger partial charge in [0, 0.05) is 23.2 Å². The van der Waals surface area contributed by atoms with Crippen molar-refractivity contribution in [3.63, 3.8) is 0 Å². The first-order chi connectivity index (χ1) is 9.62. The third-order valence-corrected chi connectivity index (χ3v) is 2.61. The summed E-state index contributed by atoms with van der Waals surface area (Å²) in [4.78, 5) is 11.4. The summed E-state index contributed by atoms with van der Waals surface area (Å²) < 4.78 is 10.7. The van der Waals surface area contributed by atoms with Crippen molar-refractivity contribution in [3.8, 4) is 17.6 Å². The van der Waals surface area contributed by atoms with E-state index in [4.69, 9.17) is 26.3 Å². The summed E-state index contributed by atoms with van der Waals surface area (Å²) in [6.45, 7) is 0.270. The van der Waals surface area contributed by atoms with Gasteiger partial charge in [-0.05, 0) is 13.1 Å².